The van der Waals surface area contributed by atoms with Crippen LogP contribution < -0.4 is 0 Å². The van der Waals surface area contributed by atoms with Crippen molar-refractivity contribution in [3.05, 3.63) is 59.2 Å². The SMILES string of the molecule is CCC(=O)OCC(C)c1ccc2c(c1)Cc1ccccc1S2. The van der Waals surface area contributed by atoms with Gasteiger partial charge in [-0.25, -0.2) is 0 Å². The number of esters is 1. The molecule has 0 fully saturated rings. The second-order valence-electron chi connectivity index (χ2n) is 5.69. The Morgan fingerprint density at radius 2 is 1.95 bits per heavy atom. The zero-order valence-electron chi connectivity index (χ0n) is 13.0. The monoisotopic (exact) mass is 312 g/mol. The largest absolute Gasteiger partial charge is 0.465 e. The summed E-state index contributed by atoms with van der Waals surface area (Å²) in [5.74, 6) is 0.0947. The number of hydrogen-bond donors (Lipinski definition) is 0. The van der Waals surface area contributed by atoms with Gasteiger partial charge in [0.2, 0.25) is 0 Å². The van der Waals surface area contributed by atoms with Crippen molar-refractivity contribution in [1.82, 2.24) is 0 Å². The summed E-state index contributed by atoms with van der Waals surface area (Å²) in [5, 5.41) is 0. The average Bonchev–Trinajstić information content (AvgIpc) is 2.56. The Balaban J connectivity index is 1.76. The lowest BCUT2D eigenvalue weighted by Crippen LogP contribution is -2.10. The van der Waals surface area contributed by atoms with Gasteiger partial charge >= 0.3 is 5.97 Å². The van der Waals surface area contributed by atoms with Crippen LogP contribution in [0.15, 0.2) is 52.3 Å². The Morgan fingerprint density at radius 3 is 2.77 bits per heavy atom. The summed E-state index contributed by atoms with van der Waals surface area (Å²) in [6.45, 7) is 4.38. The zero-order valence-corrected chi connectivity index (χ0v) is 13.8. The highest BCUT2D eigenvalue weighted by molar-refractivity contribution is 7.99. The molecule has 0 radical (unpaired) electrons. The van der Waals surface area contributed by atoms with Gasteiger partial charge in [0, 0.05) is 22.1 Å². The van der Waals surface area contributed by atoms with Crippen LogP contribution in [0.25, 0.3) is 0 Å². The zero-order chi connectivity index (χ0) is 15.5. The minimum absolute atomic E-state index is 0.130. The Kier molecular flexibility index (Phi) is 4.53. The number of carbonyl (C=O) groups excluding carboxylic acids is 1. The Labute approximate surface area is 135 Å². The summed E-state index contributed by atoms with van der Waals surface area (Å²) in [7, 11) is 0. The highest BCUT2D eigenvalue weighted by Gasteiger charge is 2.17. The molecule has 0 saturated heterocycles. The predicted octanol–water partition coefficient (Wildman–Crippen LogP) is 4.80. The van der Waals surface area contributed by atoms with Crippen LogP contribution in [0.3, 0.4) is 0 Å². The molecule has 0 aromatic heterocycles. The number of carbonyl (C=O) groups is 1. The molecule has 0 amide bonds. The van der Waals surface area contributed by atoms with Gasteiger partial charge in [0.1, 0.15) is 0 Å². The van der Waals surface area contributed by atoms with Crippen molar-refractivity contribution in [2.45, 2.75) is 42.4 Å². The highest BCUT2D eigenvalue weighted by Crippen LogP contribution is 2.40. The Hall–Kier alpha value is -1.74. The molecule has 2 aromatic rings. The fourth-order valence-corrected chi connectivity index (χ4v) is 3.69. The molecule has 3 heteroatoms. The molecule has 0 N–H and O–H groups in total. The highest BCUT2D eigenvalue weighted by atomic mass is 32.2. The van der Waals surface area contributed by atoms with E-state index in [1.54, 1.807) is 0 Å². The van der Waals surface area contributed by atoms with E-state index >= 15 is 0 Å². The lowest BCUT2D eigenvalue weighted by Gasteiger charge is -2.21. The summed E-state index contributed by atoms with van der Waals surface area (Å²) >= 11 is 1.84. The lowest BCUT2D eigenvalue weighted by molar-refractivity contribution is -0.143. The molecule has 1 unspecified atom stereocenters. The van der Waals surface area contributed by atoms with Gasteiger partial charge in [-0.1, -0.05) is 55.9 Å². The van der Waals surface area contributed by atoms with Crippen molar-refractivity contribution in [3.63, 3.8) is 0 Å². The molecular formula is C19H20O2S. The maximum atomic E-state index is 11.3. The van der Waals surface area contributed by atoms with Crippen LogP contribution in [0.4, 0.5) is 0 Å². The van der Waals surface area contributed by atoms with E-state index in [2.05, 4.69) is 49.4 Å². The van der Waals surface area contributed by atoms with Gasteiger partial charge in [0.15, 0.2) is 0 Å². The lowest BCUT2D eigenvalue weighted by atomic mass is 9.96. The van der Waals surface area contributed by atoms with Gasteiger partial charge in [-0.15, -0.1) is 0 Å². The van der Waals surface area contributed by atoms with Crippen LogP contribution in [0, 0.1) is 0 Å². The Bertz CT molecular complexity index is 694. The first kappa shape index (κ1) is 15.2. The first-order valence-corrected chi connectivity index (χ1v) is 8.53. The summed E-state index contributed by atoms with van der Waals surface area (Å²) in [5.41, 5.74) is 4.00. The van der Waals surface area contributed by atoms with Gasteiger partial charge in [-0.2, -0.15) is 0 Å². The quantitative estimate of drug-likeness (QED) is 0.647. The van der Waals surface area contributed by atoms with Crippen LogP contribution >= 0.6 is 11.8 Å². The van der Waals surface area contributed by atoms with Gasteiger partial charge in [-0.3, -0.25) is 4.79 Å². The van der Waals surface area contributed by atoms with Gasteiger partial charge < -0.3 is 4.74 Å². The topological polar surface area (TPSA) is 26.3 Å². The number of rotatable bonds is 4. The average molecular weight is 312 g/mol. The molecule has 1 aliphatic rings. The molecule has 3 rings (SSSR count). The third-order valence-electron chi connectivity index (χ3n) is 4.01. The van der Waals surface area contributed by atoms with Crippen molar-refractivity contribution in [2.24, 2.45) is 0 Å². The molecule has 0 bridgehead atoms. The summed E-state index contributed by atoms with van der Waals surface area (Å²) < 4.78 is 5.26. The number of ether oxygens (including phenoxy) is 1. The van der Waals surface area contributed by atoms with Gasteiger partial charge in [-0.05, 0) is 35.2 Å². The number of hydrogen-bond acceptors (Lipinski definition) is 3. The minimum Gasteiger partial charge on any atom is -0.465 e. The second kappa shape index (κ2) is 6.57. The van der Waals surface area contributed by atoms with E-state index in [9.17, 15) is 4.79 Å². The van der Waals surface area contributed by atoms with Crippen LogP contribution in [-0.4, -0.2) is 12.6 Å². The van der Waals surface area contributed by atoms with Gasteiger partial charge in [0.05, 0.1) is 6.61 Å². The normalized spacial score (nSPS) is 13.9. The third-order valence-corrected chi connectivity index (χ3v) is 5.25. The fraction of sp³-hybridized carbons (Fsp3) is 0.316. The van der Waals surface area contributed by atoms with Crippen LogP contribution in [0.2, 0.25) is 0 Å². The molecule has 0 aliphatic carbocycles. The smallest absolute Gasteiger partial charge is 0.305 e. The van der Waals surface area contributed by atoms with E-state index < -0.39 is 0 Å². The fourth-order valence-electron chi connectivity index (χ4n) is 2.63. The van der Waals surface area contributed by atoms with E-state index in [-0.39, 0.29) is 11.9 Å². The molecular weight excluding hydrogens is 292 g/mol. The van der Waals surface area contributed by atoms with Crippen molar-refractivity contribution in [1.29, 1.82) is 0 Å². The maximum Gasteiger partial charge on any atom is 0.305 e. The second-order valence-corrected chi connectivity index (χ2v) is 6.78. The molecule has 22 heavy (non-hydrogen) atoms. The molecule has 1 atom stereocenters. The summed E-state index contributed by atoms with van der Waals surface area (Å²) in [6.07, 6.45) is 1.41. The first-order valence-electron chi connectivity index (χ1n) is 7.71. The number of fused-ring (bicyclic) bond motifs is 2. The molecule has 114 valence electrons. The van der Waals surface area contributed by atoms with Gasteiger partial charge in [0.25, 0.3) is 0 Å². The molecule has 2 aromatic carbocycles. The molecule has 0 spiro atoms. The van der Waals surface area contributed by atoms with E-state index in [4.69, 9.17) is 4.74 Å². The van der Waals surface area contributed by atoms with Crippen molar-refractivity contribution < 1.29 is 9.53 Å². The first-order chi connectivity index (χ1) is 10.7. The predicted molar refractivity (Wildman–Crippen MR) is 89.5 cm³/mol. The van der Waals surface area contributed by atoms with Crippen LogP contribution in [0.5, 0.6) is 0 Å². The maximum absolute atomic E-state index is 11.3. The van der Waals surface area contributed by atoms with Crippen LogP contribution in [-0.2, 0) is 16.0 Å². The van der Waals surface area contributed by atoms with E-state index in [0.29, 0.717) is 13.0 Å². The van der Waals surface area contributed by atoms with E-state index in [1.807, 2.05) is 18.7 Å². The molecule has 1 heterocycles. The van der Waals surface area contributed by atoms with E-state index in [0.717, 1.165) is 6.42 Å². The van der Waals surface area contributed by atoms with Crippen molar-refractivity contribution in [3.8, 4) is 0 Å². The molecule has 0 saturated carbocycles. The molecule has 1 aliphatic heterocycles. The Morgan fingerprint density at radius 1 is 1.18 bits per heavy atom. The standard InChI is InChI=1S/C19H20O2S/c1-3-19(20)21-12-13(2)14-8-9-18-16(10-14)11-15-6-4-5-7-17(15)22-18/h4-10,13H,3,11-12H2,1-2H3. The van der Waals surface area contributed by atoms with Crippen molar-refractivity contribution >= 4 is 17.7 Å². The molecule has 2 nitrogen and oxygen atoms in total. The summed E-state index contributed by atoms with van der Waals surface area (Å²) in [4.78, 5) is 14.0. The number of benzene rings is 2. The minimum atomic E-state index is -0.130. The third kappa shape index (κ3) is 3.20. The van der Waals surface area contributed by atoms with E-state index in [1.165, 1.54) is 26.5 Å². The van der Waals surface area contributed by atoms with Crippen molar-refractivity contribution in [2.75, 3.05) is 6.61 Å². The summed E-state index contributed by atoms with van der Waals surface area (Å²) in [6, 6.07) is 15.2. The van der Waals surface area contributed by atoms with Crippen LogP contribution in [0.1, 0.15) is 42.9 Å².